The highest BCUT2D eigenvalue weighted by molar-refractivity contribution is 5.25. The fraction of sp³-hybridized carbons (Fsp3) is 0.467. The molecule has 2 aromatic rings. The number of hydrogen-bond acceptors (Lipinski definition) is 3. The molecule has 1 N–H and O–H groups in total. The molecule has 118 valence electrons. The quantitative estimate of drug-likeness (QED) is 0.947. The summed E-state index contributed by atoms with van der Waals surface area (Å²) in [6.45, 7) is 2.20. The summed E-state index contributed by atoms with van der Waals surface area (Å²) in [7, 11) is 0. The number of alkyl halides is 3. The number of nitrogens with zero attached hydrogens (tertiary/aromatic N) is 3. The summed E-state index contributed by atoms with van der Waals surface area (Å²) < 4.78 is 38.3. The van der Waals surface area contributed by atoms with Crippen LogP contribution >= 0.6 is 0 Å². The highest BCUT2D eigenvalue weighted by atomic mass is 19.4. The normalized spacial score (nSPS) is 20.2. The third-order valence-corrected chi connectivity index (χ3v) is 3.99. The molecule has 0 aliphatic carbocycles. The van der Waals surface area contributed by atoms with Gasteiger partial charge in [0.15, 0.2) is 0 Å². The second kappa shape index (κ2) is 6.08. The molecule has 1 aromatic heterocycles. The van der Waals surface area contributed by atoms with Crippen molar-refractivity contribution in [1.82, 2.24) is 20.1 Å². The molecule has 1 unspecified atom stereocenters. The summed E-state index contributed by atoms with van der Waals surface area (Å²) in [5.74, 6) is 1.12. The van der Waals surface area contributed by atoms with Crippen molar-refractivity contribution in [2.75, 3.05) is 13.1 Å². The van der Waals surface area contributed by atoms with E-state index in [0.717, 1.165) is 37.8 Å². The van der Waals surface area contributed by atoms with Crippen LogP contribution in [-0.2, 0) is 12.7 Å². The fourth-order valence-electron chi connectivity index (χ4n) is 2.94. The lowest BCUT2D eigenvalue weighted by Gasteiger charge is -2.31. The van der Waals surface area contributed by atoms with Gasteiger partial charge in [-0.25, -0.2) is 4.98 Å². The number of halogens is 3. The fourth-order valence-corrected chi connectivity index (χ4v) is 2.94. The molecule has 22 heavy (non-hydrogen) atoms. The molecular weight excluding hydrogens is 293 g/mol. The van der Waals surface area contributed by atoms with Crippen molar-refractivity contribution >= 4 is 0 Å². The van der Waals surface area contributed by atoms with Crippen LogP contribution in [0.3, 0.4) is 0 Å². The zero-order valence-corrected chi connectivity index (χ0v) is 12.0. The van der Waals surface area contributed by atoms with Crippen LogP contribution in [0.5, 0.6) is 0 Å². The van der Waals surface area contributed by atoms with Gasteiger partial charge in [0.2, 0.25) is 0 Å². The second-order valence-electron chi connectivity index (χ2n) is 5.64. The molecule has 2 heterocycles. The maximum atomic E-state index is 12.8. The van der Waals surface area contributed by atoms with Crippen molar-refractivity contribution in [3.8, 4) is 0 Å². The highest BCUT2D eigenvalue weighted by Crippen LogP contribution is 2.30. The van der Waals surface area contributed by atoms with E-state index < -0.39 is 11.7 Å². The molecule has 7 heteroatoms. The number of aromatic amines is 1. The molecule has 1 atom stereocenters. The molecular formula is C15H17F3N4. The van der Waals surface area contributed by atoms with Crippen molar-refractivity contribution in [1.29, 1.82) is 0 Å². The van der Waals surface area contributed by atoms with E-state index in [1.54, 1.807) is 6.07 Å². The third-order valence-electron chi connectivity index (χ3n) is 3.99. The van der Waals surface area contributed by atoms with Gasteiger partial charge in [0.05, 0.1) is 5.56 Å². The van der Waals surface area contributed by atoms with E-state index in [2.05, 4.69) is 20.1 Å². The molecule has 1 fully saturated rings. The summed E-state index contributed by atoms with van der Waals surface area (Å²) in [6.07, 6.45) is -0.778. The van der Waals surface area contributed by atoms with Crippen molar-refractivity contribution < 1.29 is 13.2 Å². The van der Waals surface area contributed by atoms with E-state index in [4.69, 9.17) is 0 Å². The summed E-state index contributed by atoms with van der Waals surface area (Å²) in [4.78, 5) is 6.36. The molecule has 0 spiro atoms. The number of hydrogen-bond donors (Lipinski definition) is 1. The molecule has 4 nitrogen and oxygen atoms in total. The number of likely N-dealkylation sites (tertiary alicyclic amines) is 1. The van der Waals surface area contributed by atoms with Gasteiger partial charge in [-0.3, -0.25) is 10.00 Å². The number of aromatic nitrogens is 3. The highest BCUT2D eigenvalue weighted by Gasteiger charge is 2.30. The smallest absolute Gasteiger partial charge is 0.298 e. The predicted molar refractivity (Wildman–Crippen MR) is 75.1 cm³/mol. The van der Waals surface area contributed by atoms with Gasteiger partial charge in [0, 0.05) is 19.0 Å². The van der Waals surface area contributed by atoms with Crippen LogP contribution in [0.2, 0.25) is 0 Å². The van der Waals surface area contributed by atoms with Crippen LogP contribution < -0.4 is 0 Å². The first kappa shape index (κ1) is 15.0. The number of nitrogens with one attached hydrogen (secondary N) is 1. The van der Waals surface area contributed by atoms with Gasteiger partial charge in [0.25, 0.3) is 0 Å². The maximum Gasteiger partial charge on any atom is 0.416 e. The van der Waals surface area contributed by atoms with Crippen molar-refractivity contribution in [2.45, 2.75) is 31.5 Å². The summed E-state index contributed by atoms with van der Waals surface area (Å²) >= 11 is 0. The molecule has 3 rings (SSSR count). The number of rotatable bonds is 3. The van der Waals surface area contributed by atoms with E-state index >= 15 is 0 Å². The van der Waals surface area contributed by atoms with Crippen LogP contribution in [0.1, 0.15) is 35.7 Å². The number of benzene rings is 1. The number of piperidine rings is 1. The molecule has 1 aromatic carbocycles. The lowest BCUT2D eigenvalue weighted by molar-refractivity contribution is -0.137. The zero-order valence-electron chi connectivity index (χ0n) is 12.0. The number of H-pyrrole nitrogens is 1. The molecule has 0 saturated carbocycles. The molecule has 0 bridgehead atoms. The van der Waals surface area contributed by atoms with E-state index in [0.29, 0.717) is 12.1 Å². The topological polar surface area (TPSA) is 44.8 Å². The van der Waals surface area contributed by atoms with Gasteiger partial charge < -0.3 is 0 Å². The first-order valence-electron chi connectivity index (χ1n) is 7.26. The molecule has 1 aliphatic rings. The average molecular weight is 310 g/mol. The molecule has 0 amide bonds. The van der Waals surface area contributed by atoms with Crippen molar-refractivity contribution in [2.24, 2.45) is 0 Å². The summed E-state index contributed by atoms with van der Waals surface area (Å²) in [5.41, 5.74) is 0.0989. The Hall–Kier alpha value is -1.89. The van der Waals surface area contributed by atoms with E-state index in [-0.39, 0.29) is 5.92 Å². The third kappa shape index (κ3) is 3.47. The zero-order chi connectivity index (χ0) is 15.6. The Balaban J connectivity index is 1.68. The Labute approximate surface area is 126 Å². The van der Waals surface area contributed by atoms with Crippen LogP contribution in [0, 0.1) is 0 Å². The largest absolute Gasteiger partial charge is 0.416 e. The average Bonchev–Trinajstić information content (AvgIpc) is 3.01. The molecule has 1 saturated heterocycles. The summed E-state index contributed by atoms with van der Waals surface area (Å²) in [6, 6.07) is 5.55. The monoisotopic (exact) mass is 310 g/mol. The second-order valence-corrected chi connectivity index (χ2v) is 5.64. The van der Waals surface area contributed by atoms with Crippen LogP contribution in [0.25, 0.3) is 0 Å². The van der Waals surface area contributed by atoms with E-state index in [1.165, 1.54) is 18.5 Å². The van der Waals surface area contributed by atoms with E-state index in [9.17, 15) is 13.2 Å². The minimum absolute atomic E-state index is 0.266. The lowest BCUT2D eigenvalue weighted by Crippen LogP contribution is -2.34. The van der Waals surface area contributed by atoms with Gasteiger partial charge in [-0.15, -0.1) is 0 Å². The van der Waals surface area contributed by atoms with E-state index in [1.807, 2.05) is 0 Å². The standard InChI is InChI=1S/C15H17F3N4/c16-15(17,18)13-5-1-3-11(7-13)8-22-6-2-4-12(9-22)14-19-10-20-21-14/h1,3,5,7,10,12H,2,4,6,8-9H2,(H,19,20,21). The minimum atomic E-state index is -4.29. The van der Waals surface area contributed by atoms with Crippen LogP contribution in [0.15, 0.2) is 30.6 Å². The first-order chi connectivity index (χ1) is 10.5. The SMILES string of the molecule is FC(F)(F)c1cccc(CN2CCCC(c3ncn[nH]3)C2)c1. The van der Waals surface area contributed by atoms with Gasteiger partial charge in [-0.1, -0.05) is 18.2 Å². The maximum absolute atomic E-state index is 12.8. The first-order valence-corrected chi connectivity index (χ1v) is 7.26. The van der Waals surface area contributed by atoms with Gasteiger partial charge in [-0.05, 0) is 31.0 Å². The Morgan fingerprint density at radius 2 is 2.18 bits per heavy atom. The van der Waals surface area contributed by atoms with Crippen LogP contribution in [-0.4, -0.2) is 33.2 Å². The Morgan fingerprint density at radius 1 is 1.32 bits per heavy atom. The van der Waals surface area contributed by atoms with Gasteiger partial charge >= 0.3 is 6.18 Å². The Morgan fingerprint density at radius 3 is 2.91 bits per heavy atom. The minimum Gasteiger partial charge on any atom is -0.298 e. The molecule has 0 radical (unpaired) electrons. The van der Waals surface area contributed by atoms with Crippen molar-refractivity contribution in [3.05, 3.63) is 47.5 Å². The lowest BCUT2D eigenvalue weighted by atomic mass is 9.97. The molecule has 1 aliphatic heterocycles. The van der Waals surface area contributed by atoms with Gasteiger partial charge in [-0.2, -0.15) is 18.3 Å². The van der Waals surface area contributed by atoms with Gasteiger partial charge in [0.1, 0.15) is 12.2 Å². The summed E-state index contributed by atoms with van der Waals surface area (Å²) in [5, 5.41) is 6.75. The predicted octanol–water partition coefficient (Wildman–Crippen LogP) is 3.20. The Bertz CT molecular complexity index is 610. The van der Waals surface area contributed by atoms with Crippen molar-refractivity contribution in [3.63, 3.8) is 0 Å². The Kier molecular flexibility index (Phi) is 4.15. The van der Waals surface area contributed by atoms with Crippen LogP contribution in [0.4, 0.5) is 13.2 Å².